The van der Waals surface area contributed by atoms with Gasteiger partial charge in [-0.1, -0.05) is 32.0 Å². The number of rotatable bonds is 9. The Morgan fingerprint density at radius 1 is 1.26 bits per heavy atom. The van der Waals surface area contributed by atoms with E-state index in [1.807, 2.05) is 30.3 Å². The van der Waals surface area contributed by atoms with Gasteiger partial charge in [-0.25, -0.2) is 0 Å². The minimum absolute atomic E-state index is 0.468. The summed E-state index contributed by atoms with van der Waals surface area (Å²) in [6.45, 7) is 7.68. The van der Waals surface area contributed by atoms with Crippen molar-refractivity contribution in [1.82, 2.24) is 5.32 Å². The molecule has 0 aromatic heterocycles. The van der Waals surface area contributed by atoms with Gasteiger partial charge in [-0.15, -0.1) is 0 Å². The second-order valence-corrected chi connectivity index (χ2v) is 5.97. The van der Waals surface area contributed by atoms with Crippen LogP contribution in [0.3, 0.4) is 0 Å². The zero-order chi connectivity index (χ0) is 13.6. The third kappa shape index (κ3) is 4.54. The van der Waals surface area contributed by atoms with Gasteiger partial charge in [0.05, 0.1) is 6.61 Å². The Morgan fingerprint density at radius 3 is 2.63 bits per heavy atom. The third-order valence-corrected chi connectivity index (χ3v) is 4.25. The highest BCUT2D eigenvalue weighted by Crippen LogP contribution is 2.47. The first kappa shape index (κ1) is 14.4. The van der Waals surface area contributed by atoms with Gasteiger partial charge in [0.25, 0.3) is 0 Å². The van der Waals surface area contributed by atoms with Crippen LogP contribution in [-0.2, 0) is 0 Å². The molecule has 1 saturated carbocycles. The van der Waals surface area contributed by atoms with Crippen molar-refractivity contribution >= 4 is 0 Å². The second kappa shape index (κ2) is 6.95. The van der Waals surface area contributed by atoms with Crippen LogP contribution in [0, 0.1) is 11.3 Å². The normalized spacial score (nSPS) is 18.0. The van der Waals surface area contributed by atoms with E-state index in [9.17, 15) is 0 Å². The molecular weight excluding hydrogens is 234 g/mol. The Morgan fingerprint density at radius 2 is 2.00 bits per heavy atom. The summed E-state index contributed by atoms with van der Waals surface area (Å²) in [5, 5.41) is 3.53. The monoisotopic (exact) mass is 261 g/mol. The SMILES string of the molecule is CCNCC(C)(CCCOc1ccccc1)C1CC1. The summed E-state index contributed by atoms with van der Waals surface area (Å²) in [6, 6.07) is 10.1. The minimum atomic E-state index is 0.468. The maximum absolute atomic E-state index is 5.79. The van der Waals surface area contributed by atoms with Crippen LogP contribution in [0.25, 0.3) is 0 Å². The van der Waals surface area contributed by atoms with E-state index in [4.69, 9.17) is 4.74 Å². The Hall–Kier alpha value is -1.02. The number of hydrogen-bond donors (Lipinski definition) is 1. The van der Waals surface area contributed by atoms with Gasteiger partial charge in [0.15, 0.2) is 0 Å². The van der Waals surface area contributed by atoms with Gasteiger partial charge in [-0.2, -0.15) is 0 Å². The third-order valence-electron chi connectivity index (χ3n) is 4.25. The molecule has 19 heavy (non-hydrogen) atoms. The first-order valence-electron chi connectivity index (χ1n) is 7.63. The van der Waals surface area contributed by atoms with Gasteiger partial charge < -0.3 is 10.1 Å². The lowest BCUT2D eigenvalue weighted by atomic mass is 9.80. The highest BCUT2D eigenvalue weighted by atomic mass is 16.5. The number of benzene rings is 1. The molecule has 1 aliphatic carbocycles. The van der Waals surface area contributed by atoms with Crippen molar-refractivity contribution in [1.29, 1.82) is 0 Å². The molecule has 2 heteroatoms. The number of ether oxygens (including phenoxy) is 1. The van der Waals surface area contributed by atoms with Crippen LogP contribution in [0.2, 0.25) is 0 Å². The molecule has 0 heterocycles. The molecule has 1 unspecified atom stereocenters. The highest BCUT2D eigenvalue weighted by molar-refractivity contribution is 5.20. The standard InChI is InChI=1S/C17H27NO/c1-3-18-14-17(2,15-10-11-15)12-7-13-19-16-8-5-4-6-9-16/h4-6,8-9,15,18H,3,7,10-14H2,1-2H3. The van der Waals surface area contributed by atoms with E-state index in [0.717, 1.165) is 37.8 Å². The fourth-order valence-corrected chi connectivity index (χ4v) is 2.81. The molecular formula is C17H27NO. The highest BCUT2D eigenvalue weighted by Gasteiger charge is 2.40. The van der Waals surface area contributed by atoms with Crippen LogP contribution in [0.15, 0.2) is 30.3 Å². The smallest absolute Gasteiger partial charge is 0.119 e. The van der Waals surface area contributed by atoms with E-state index < -0.39 is 0 Å². The molecule has 0 aliphatic heterocycles. The molecule has 2 rings (SSSR count). The largest absolute Gasteiger partial charge is 0.494 e. The second-order valence-electron chi connectivity index (χ2n) is 5.97. The molecule has 0 saturated heterocycles. The van der Waals surface area contributed by atoms with Crippen molar-refractivity contribution in [2.45, 2.75) is 39.5 Å². The molecule has 1 N–H and O–H groups in total. The van der Waals surface area contributed by atoms with Crippen molar-refractivity contribution in [3.63, 3.8) is 0 Å². The molecule has 0 radical (unpaired) electrons. The predicted molar refractivity (Wildman–Crippen MR) is 80.5 cm³/mol. The van der Waals surface area contributed by atoms with Crippen molar-refractivity contribution in [2.24, 2.45) is 11.3 Å². The van der Waals surface area contributed by atoms with E-state index in [2.05, 4.69) is 19.2 Å². The van der Waals surface area contributed by atoms with Gasteiger partial charge in [0.2, 0.25) is 0 Å². The minimum Gasteiger partial charge on any atom is -0.494 e. The fraction of sp³-hybridized carbons (Fsp3) is 0.647. The van der Waals surface area contributed by atoms with E-state index in [1.54, 1.807) is 0 Å². The Balaban J connectivity index is 1.70. The molecule has 1 atom stereocenters. The summed E-state index contributed by atoms with van der Waals surface area (Å²) in [5.41, 5.74) is 0.468. The Labute approximate surface area is 117 Å². The Bertz CT molecular complexity index is 361. The quantitative estimate of drug-likeness (QED) is 0.681. The van der Waals surface area contributed by atoms with Crippen LogP contribution in [-0.4, -0.2) is 19.7 Å². The van der Waals surface area contributed by atoms with Crippen molar-refractivity contribution < 1.29 is 4.74 Å². The van der Waals surface area contributed by atoms with Gasteiger partial charge in [0, 0.05) is 6.54 Å². The molecule has 0 amide bonds. The van der Waals surface area contributed by atoms with Gasteiger partial charge in [-0.05, 0) is 55.7 Å². The van der Waals surface area contributed by atoms with Crippen LogP contribution in [0.4, 0.5) is 0 Å². The lowest BCUT2D eigenvalue weighted by Gasteiger charge is -2.30. The first-order chi connectivity index (χ1) is 9.24. The lowest BCUT2D eigenvalue weighted by molar-refractivity contribution is 0.206. The molecule has 1 aliphatic rings. The molecule has 1 aromatic rings. The van der Waals surface area contributed by atoms with Crippen LogP contribution < -0.4 is 10.1 Å². The molecule has 1 fully saturated rings. The maximum Gasteiger partial charge on any atom is 0.119 e. The van der Waals surface area contributed by atoms with E-state index >= 15 is 0 Å². The van der Waals surface area contributed by atoms with Crippen LogP contribution in [0.1, 0.15) is 39.5 Å². The number of hydrogen-bond acceptors (Lipinski definition) is 2. The fourth-order valence-electron chi connectivity index (χ4n) is 2.81. The number of nitrogens with one attached hydrogen (secondary N) is 1. The van der Waals surface area contributed by atoms with Crippen LogP contribution >= 0.6 is 0 Å². The van der Waals surface area contributed by atoms with Crippen molar-refractivity contribution in [3.8, 4) is 5.75 Å². The van der Waals surface area contributed by atoms with Crippen molar-refractivity contribution in [3.05, 3.63) is 30.3 Å². The molecule has 1 aromatic carbocycles. The number of para-hydroxylation sites is 1. The van der Waals surface area contributed by atoms with Crippen molar-refractivity contribution in [2.75, 3.05) is 19.7 Å². The summed E-state index contributed by atoms with van der Waals surface area (Å²) in [4.78, 5) is 0. The van der Waals surface area contributed by atoms with E-state index in [1.165, 1.54) is 19.3 Å². The summed E-state index contributed by atoms with van der Waals surface area (Å²) in [7, 11) is 0. The van der Waals surface area contributed by atoms with Crippen LogP contribution in [0.5, 0.6) is 5.75 Å². The molecule has 106 valence electrons. The molecule has 0 spiro atoms. The zero-order valence-electron chi connectivity index (χ0n) is 12.3. The molecule has 0 bridgehead atoms. The average Bonchev–Trinajstić information content (AvgIpc) is 3.27. The summed E-state index contributed by atoms with van der Waals surface area (Å²) >= 11 is 0. The Kier molecular flexibility index (Phi) is 5.26. The van der Waals surface area contributed by atoms with E-state index in [-0.39, 0.29) is 0 Å². The first-order valence-corrected chi connectivity index (χ1v) is 7.63. The predicted octanol–water partition coefficient (Wildman–Crippen LogP) is 3.87. The average molecular weight is 261 g/mol. The van der Waals surface area contributed by atoms with Gasteiger partial charge in [0.1, 0.15) is 5.75 Å². The maximum atomic E-state index is 5.79. The summed E-state index contributed by atoms with van der Waals surface area (Å²) < 4.78 is 5.79. The topological polar surface area (TPSA) is 21.3 Å². The van der Waals surface area contributed by atoms with Gasteiger partial charge >= 0.3 is 0 Å². The lowest BCUT2D eigenvalue weighted by Crippen LogP contribution is -2.34. The molecule has 2 nitrogen and oxygen atoms in total. The van der Waals surface area contributed by atoms with E-state index in [0.29, 0.717) is 5.41 Å². The summed E-state index contributed by atoms with van der Waals surface area (Å²) in [5.74, 6) is 1.92. The van der Waals surface area contributed by atoms with Gasteiger partial charge in [-0.3, -0.25) is 0 Å². The zero-order valence-corrected chi connectivity index (χ0v) is 12.3. The summed E-state index contributed by atoms with van der Waals surface area (Å²) in [6.07, 6.45) is 5.24.